The molecule has 1 aliphatic rings. The van der Waals surface area contributed by atoms with Crippen molar-refractivity contribution in [2.75, 3.05) is 36.8 Å². The minimum atomic E-state index is 0.617. The van der Waals surface area contributed by atoms with E-state index >= 15 is 0 Å². The summed E-state index contributed by atoms with van der Waals surface area (Å²) in [6, 6.07) is 7.56. The van der Waals surface area contributed by atoms with Gasteiger partial charge in [-0.15, -0.1) is 0 Å². The monoisotopic (exact) mass is 202 g/mol. The van der Waals surface area contributed by atoms with Crippen LogP contribution in [0.3, 0.4) is 0 Å². The van der Waals surface area contributed by atoms with Gasteiger partial charge in [0.15, 0.2) is 0 Å². The van der Waals surface area contributed by atoms with Crippen molar-refractivity contribution < 1.29 is 0 Å². The fraction of sp³-hybridized carbons (Fsp3) is 0.364. The number of anilines is 2. The van der Waals surface area contributed by atoms with E-state index in [9.17, 15) is 0 Å². The molecule has 0 bridgehead atoms. The third kappa shape index (κ3) is 2.03. The van der Waals surface area contributed by atoms with E-state index in [0.29, 0.717) is 11.3 Å². The summed E-state index contributed by atoms with van der Waals surface area (Å²) in [6.07, 6.45) is 0. The van der Waals surface area contributed by atoms with Gasteiger partial charge in [-0.25, -0.2) is 0 Å². The zero-order chi connectivity index (χ0) is 10.7. The van der Waals surface area contributed by atoms with Crippen molar-refractivity contribution in [3.63, 3.8) is 0 Å². The summed E-state index contributed by atoms with van der Waals surface area (Å²) in [5, 5.41) is 12.0. The summed E-state index contributed by atoms with van der Waals surface area (Å²) in [5.74, 6) is 0. The highest BCUT2D eigenvalue weighted by atomic mass is 15.2. The fourth-order valence-electron chi connectivity index (χ4n) is 1.82. The molecular formula is C11H14N4. The molecule has 3 N–H and O–H groups in total. The number of benzene rings is 1. The number of nitrogens with two attached hydrogens (primary N) is 1. The number of nitrogen functional groups attached to an aromatic ring is 1. The molecular weight excluding hydrogens is 188 g/mol. The molecule has 78 valence electrons. The standard InChI is InChI=1S/C11H14N4/c12-8-9-1-2-11(10(13)7-9)15-5-3-14-4-6-15/h1-2,7,14H,3-6,13H2. The van der Waals surface area contributed by atoms with E-state index in [2.05, 4.69) is 16.3 Å². The molecule has 1 aromatic carbocycles. The van der Waals surface area contributed by atoms with Crippen LogP contribution in [-0.2, 0) is 0 Å². The predicted octanol–water partition coefficient (Wildman–Crippen LogP) is 0.550. The predicted molar refractivity (Wildman–Crippen MR) is 60.7 cm³/mol. The van der Waals surface area contributed by atoms with Gasteiger partial charge in [0.2, 0.25) is 0 Å². The Morgan fingerprint density at radius 2 is 2.07 bits per heavy atom. The van der Waals surface area contributed by atoms with Crippen molar-refractivity contribution in [3.05, 3.63) is 23.8 Å². The zero-order valence-electron chi connectivity index (χ0n) is 8.53. The van der Waals surface area contributed by atoms with E-state index in [0.717, 1.165) is 31.9 Å². The van der Waals surface area contributed by atoms with Crippen LogP contribution in [0.2, 0.25) is 0 Å². The van der Waals surface area contributed by atoms with Crippen molar-refractivity contribution in [2.45, 2.75) is 0 Å². The Morgan fingerprint density at radius 3 is 2.67 bits per heavy atom. The molecule has 0 atom stereocenters. The van der Waals surface area contributed by atoms with E-state index in [1.165, 1.54) is 0 Å². The molecule has 1 fully saturated rings. The average Bonchev–Trinajstić information content (AvgIpc) is 2.30. The number of nitrogens with one attached hydrogen (secondary N) is 1. The lowest BCUT2D eigenvalue weighted by molar-refractivity contribution is 0.590. The Balaban J connectivity index is 2.24. The van der Waals surface area contributed by atoms with Crippen molar-refractivity contribution in [2.24, 2.45) is 0 Å². The Hall–Kier alpha value is -1.73. The maximum Gasteiger partial charge on any atom is 0.0992 e. The summed E-state index contributed by atoms with van der Waals surface area (Å²) in [7, 11) is 0. The first-order chi connectivity index (χ1) is 7.31. The molecule has 0 unspecified atom stereocenters. The average molecular weight is 202 g/mol. The zero-order valence-corrected chi connectivity index (χ0v) is 8.53. The maximum absolute atomic E-state index is 8.73. The van der Waals surface area contributed by atoms with Crippen LogP contribution >= 0.6 is 0 Å². The lowest BCUT2D eigenvalue weighted by atomic mass is 10.1. The number of hydrogen-bond donors (Lipinski definition) is 2. The van der Waals surface area contributed by atoms with E-state index in [1.54, 1.807) is 6.07 Å². The highest BCUT2D eigenvalue weighted by Crippen LogP contribution is 2.24. The lowest BCUT2D eigenvalue weighted by Crippen LogP contribution is -2.43. The second-order valence-corrected chi connectivity index (χ2v) is 3.62. The Kier molecular flexibility index (Phi) is 2.75. The molecule has 4 heteroatoms. The molecule has 0 aliphatic carbocycles. The lowest BCUT2D eigenvalue weighted by Gasteiger charge is -2.30. The van der Waals surface area contributed by atoms with Gasteiger partial charge in [-0.05, 0) is 18.2 Å². The molecule has 15 heavy (non-hydrogen) atoms. The van der Waals surface area contributed by atoms with Gasteiger partial charge in [0, 0.05) is 26.2 Å². The summed E-state index contributed by atoms with van der Waals surface area (Å²) >= 11 is 0. The van der Waals surface area contributed by atoms with E-state index < -0.39 is 0 Å². The number of nitrogens with zero attached hydrogens (tertiary/aromatic N) is 2. The number of nitriles is 1. The van der Waals surface area contributed by atoms with Gasteiger partial charge in [0.05, 0.1) is 23.0 Å². The smallest absolute Gasteiger partial charge is 0.0992 e. The third-order valence-corrected chi connectivity index (χ3v) is 2.61. The van der Waals surface area contributed by atoms with Crippen LogP contribution in [0.5, 0.6) is 0 Å². The quantitative estimate of drug-likeness (QED) is 0.653. The van der Waals surface area contributed by atoms with E-state index in [1.807, 2.05) is 12.1 Å². The summed E-state index contributed by atoms with van der Waals surface area (Å²) in [6.45, 7) is 3.91. The topological polar surface area (TPSA) is 65.1 Å². The molecule has 4 nitrogen and oxygen atoms in total. The normalized spacial score (nSPS) is 16.1. The highest BCUT2D eigenvalue weighted by Gasteiger charge is 2.12. The minimum Gasteiger partial charge on any atom is -0.397 e. The maximum atomic E-state index is 8.73. The van der Waals surface area contributed by atoms with Crippen molar-refractivity contribution >= 4 is 11.4 Å². The molecule has 1 heterocycles. The van der Waals surface area contributed by atoms with Gasteiger partial charge < -0.3 is 16.0 Å². The molecule has 1 aliphatic heterocycles. The Morgan fingerprint density at radius 1 is 1.33 bits per heavy atom. The third-order valence-electron chi connectivity index (χ3n) is 2.61. The first-order valence-corrected chi connectivity index (χ1v) is 5.06. The van der Waals surface area contributed by atoms with Crippen LogP contribution in [0.4, 0.5) is 11.4 Å². The second kappa shape index (κ2) is 4.20. The van der Waals surface area contributed by atoms with Crippen molar-refractivity contribution in [1.82, 2.24) is 5.32 Å². The minimum absolute atomic E-state index is 0.617. The van der Waals surface area contributed by atoms with E-state index in [-0.39, 0.29) is 0 Å². The van der Waals surface area contributed by atoms with Gasteiger partial charge in [-0.3, -0.25) is 0 Å². The largest absolute Gasteiger partial charge is 0.397 e. The van der Waals surface area contributed by atoms with Crippen LogP contribution in [-0.4, -0.2) is 26.2 Å². The van der Waals surface area contributed by atoms with Gasteiger partial charge in [0.25, 0.3) is 0 Å². The molecule has 0 radical (unpaired) electrons. The van der Waals surface area contributed by atoms with Crippen LogP contribution < -0.4 is 16.0 Å². The van der Waals surface area contributed by atoms with Crippen LogP contribution in [0, 0.1) is 11.3 Å². The molecule has 1 saturated heterocycles. The van der Waals surface area contributed by atoms with Gasteiger partial charge >= 0.3 is 0 Å². The highest BCUT2D eigenvalue weighted by molar-refractivity contribution is 5.69. The van der Waals surface area contributed by atoms with Crippen LogP contribution in [0.15, 0.2) is 18.2 Å². The van der Waals surface area contributed by atoms with Crippen molar-refractivity contribution in [3.8, 4) is 6.07 Å². The number of hydrogen-bond acceptors (Lipinski definition) is 4. The molecule has 1 aromatic rings. The number of rotatable bonds is 1. The van der Waals surface area contributed by atoms with Gasteiger partial charge in [0.1, 0.15) is 0 Å². The summed E-state index contributed by atoms with van der Waals surface area (Å²) < 4.78 is 0. The molecule has 0 spiro atoms. The fourth-order valence-corrected chi connectivity index (χ4v) is 1.82. The summed E-state index contributed by atoms with van der Waals surface area (Å²) in [5.41, 5.74) is 8.26. The SMILES string of the molecule is N#Cc1ccc(N2CCNCC2)c(N)c1. The number of piperazine rings is 1. The molecule has 0 amide bonds. The molecule has 0 aromatic heterocycles. The second-order valence-electron chi connectivity index (χ2n) is 3.62. The first-order valence-electron chi connectivity index (χ1n) is 5.06. The van der Waals surface area contributed by atoms with Crippen LogP contribution in [0.25, 0.3) is 0 Å². The van der Waals surface area contributed by atoms with Crippen LogP contribution in [0.1, 0.15) is 5.56 Å². The van der Waals surface area contributed by atoms with E-state index in [4.69, 9.17) is 11.0 Å². The summed E-state index contributed by atoms with van der Waals surface area (Å²) in [4.78, 5) is 2.24. The molecule has 0 saturated carbocycles. The van der Waals surface area contributed by atoms with Gasteiger partial charge in [-0.2, -0.15) is 5.26 Å². The molecule has 2 rings (SSSR count). The van der Waals surface area contributed by atoms with Crippen molar-refractivity contribution in [1.29, 1.82) is 5.26 Å². The van der Waals surface area contributed by atoms with Gasteiger partial charge in [-0.1, -0.05) is 0 Å². The first kappa shape index (κ1) is 9.81. The Labute approximate surface area is 89.3 Å². The Bertz CT molecular complexity index is 388.